The van der Waals surface area contributed by atoms with Gasteiger partial charge >= 0.3 is 5.97 Å². The van der Waals surface area contributed by atoms with Gasteiger partial charge in [-0.2, -0.15) is 0 Å². The molecule has 1 fully saturated rings. The first kappa shape index (κ1) is 24.4. The Morgan fingerprint density at radius 3 is 2.44 bits per heavy atom. The summed E-state index contributed by atoms with van der Waals surface area (Å²) >= 11 is 0. The molecule has 39 heavy (non-hydrogen) atoms. The fourth-order valence-corrected chi connectivity index (χ4v) is 4.93. The molecule has 0 atom stereocenters. The molecule has 2 heterocycles. The number of carboxylic acids is 1. The molecule has 2 aromatic heterocycles. The van der Waals surface area contributed by atoms with Gasteiger partial charge in [-0.1, -0.05) is 65.8 Å². The SMILES string of the molecule is COc1cccc(-c2cccc(Nc3c(C)noc3-c3cc(C4(C(=O)O)CC4)ccc3-c3ccccc3)n2)c1. The minimum absolute atomic E-state index is 0.531. The molecule has 1 aliphatic carbocycles. The van der Waals surface area contributed by atoms with Crippen molar-refractivity contribution >= 4 is 17.5 Å². The summed E-state index contributed by atoms with van der Waals surface area (Å²) in [6.07, 6.45) is 1.24. The van der Waals surface area contributed by atoms with Gasteiger partial charge in [0, 0.05) is 11.1 Å². The van der Waals surface area contributed by atoms with Crippen LogP contribution >= 0.6 is 0 Å². The first-order chi connectivity index (χ1) is 19.0. The number of hydrogen-bond donors (Lipinski definition) is 2. The fraction of sp³-hybridized carbons (Fsp3) is 0.156. The van der Waals surface area contributed by atoms with Crippen molar-refractivity contribution in [2.24, 2.45) is 0 Å². The average molecular weight is 518 g/mol. The number of rotatable bonds is 8. The van der Waals surface area contributed by atoms with Gasteiger partial charge in [-0.25, -0.2) is 4.98 Å². The number of benzene rings is 3. The van der Waals surface area contributed by atoms with Gasteiger partial charge in [-0.05, 0) is 66.8 Å². The van der Waals surface area contributed by atoms with E-state index in [1.54, 1.807) is 7.11 Å². The highest BCUT2D eigenvalue weighted by atomic mass is 16.5. The second kappa shape index (κ2) is 9.76. The van der Waals surface area contributed by atoms with Gasteiger partial charge in [-0.3, -0.25) is 4.79 Å². The molecule has 1 aliphatic rings. The van der Waals surface area contributed by atoms with E-state index in [1.165, 1.54) is 0 Å². The number of hydrogen-bond acceptors (Lipinski definition) is 6. The van der Waals surface area contributed by atoms with Crippen molar-refractivity contribution < 1.29 is 19.2 Å². The zero-order valence-corrected chi connectivity index (χ0v) is 21.6. The van der Waals surface area contributed by atoms with E-state index in [2.05, 4.69) is 10.5 Å². The molecule has 3 aromatic carbocycles. The van der Waals surface area contributed by atoms with Crippen LogP contribution in [0.3, 0.4) is 0 Å². The van der Waals surface area contributed by atoms with Crippen molar-refractivity contribution in [3.63, 3.8) is 0 Å². The van der Waals surface area contributed by atoms with Crippen LogP contribution in [0.25, 0.3) is 33.7 Å². The van der Waals surface area contributed by atoms with Crippen LogP contribution in [0, 0.1) is 6.92 Å². The fourth-order valence-electron chi connectivity index (χ4n) is 4.93. The van der Waals surface area contributed by atoms with E-state index >= 15 is 0 Å². The molecule has 1 saturated carbocycles. The normalized spacial score (nSPS) is 13.6. The Labute approximate surface area is 226 Å². The number of aromatic nitrogens is 2. The summed E-state index contributed by atoms with van der Waals surface area (Å²) in [5.41, 5.74) is 5.69. The van der Waals surface area contributed by atoms with Gasteiger partial charge in [0.05, 0.1) is 18.2 Å². The molecule has 194 valence electrons. The second-order valence-electron chi connectivity index (χ2n) is 9.75. The first-order valence-electron chi connectivity index (χ1n) is 12.8. The highest BCUT2D eigenvalue weighted by Gasteiger charge is 2.52. The molecule has 5 aromatic rings. The minimum atomic E-state index is -0.848. The number of aryl methyl sites for hydroxylation is 1. The summed E-state index contributed by atoms with van der Waals surface area (Å²) in [5.74, 6) is 1.12. The van der Waals surface area contributed by atoms with E-state index in [-0.39, 0.29) is 0 Å². The molecule has 0 radical (unpaired) electrons. The van der Waals surface area contributed by atoms with Gasteiger partial charge in [0.25, 0.3) is 0 Å². The number of aliphatic carboxylic acids is 1. The van der Waals surface area contributed by atoms with Crippen LogP contribution in [0.2, 0.25) is 0 Å². The summed E-state index contributed by atoms with van der Waals surface area (Å²) in [7, 11) is 1.64. The van der Waals surface area contributed by atoms with Crippen molar-refractivity contribution in [2.75, 3.05) is 12.4 Å². The molecule has 0 aliphatic heterocycles. The van der Waals surface area contributed by atoms with Crippen molar-refractivity contribution in [1.29, 1.82) is 0 Å². The van der Waals surface area contributed by atoms with Crippen LogP contribution in [0.4, 0.5) is 11.5 Å². The zero-order chi connectivity index (χ0) is 27.0. The lowest BCUT2D eigenvalue weighted by Gasteiger charge is -2.16. The summed E-state index contributed by atoms with van der Waals surface area (Å²) in [6, 6.07) is 29.3. The standard InChI is InChI=1S/C32H27N3O4/c1-20-29(34-28-13-7-12-27(33-28)22-10-6-11-24(18-22)38-2)30(39-35-20)26-19-23(32(16-17-32)31(36)37)14-15-25(26)21-8-4-3-5-9-21/h3-15,18-19H,16-17H2,1-2H3,(H,33,34)(H,36,37). The van der Waals surface area contributed by atoms with Crippen LogP contribution in [0.15, 0.2) is 95.5 Å². The number of pyridine rings is 1. The predicted octanol–water partition coefficient (Wildman–Crippen LogP) is 7.25. The number of nitrogens with zero attached hydrogens (tertiary/aromatic N) is 2. The number of carbonyl (C=O) groups is 1. The third-order valence-corrected chi connectivity index (χ3v) is 7.29. The van der Waals surface area contributed by atoms with Crippen LogP contribution in [0.5, 0.6) is 5.75 Å². The maximum absolute atomic E-state index is 12.1. The van der Waals surface area contributed by atoms with Crippen molar-refractivity contribution in [2.45, 2.75) is 25.2 Å². The quantitative estimate of drug-likeness (QED) is 0.224. The third-order valence-electron chi connectivity index (χ3n) is 7.29. The van der Waals surface area contributed by atoms with Crippen LogP contribution in [-0.2, 0) is 10.2 Å². The Kier molecular flexibility index (Phi) is 6.11. The topological polar surface area (TPSA) is 97.5 Å². The smallest absolute Gasteiger partial charge is 0.314 e. The van der Waals surface area contributed by atoms with Gasteiger partial charge in [-0.15, -0.1) is 0 Å². The largest absolute Gasteiger partial charge is 0.497 e. The maximum Gasteiger partial charge on any atom is 0.314 e. The Morgan fingerprint density at radius 2 is 1.69 bits per heavy atom. The van der Waals surface area contributed by atoms with Crippen LogP contribution < -0.4 is 10.1 Å². The molecule has 6 rings (SSSR count). The molecule has 0 spiro atoms. The molecular formula is C32H27N3O4. The van der Waals surface area contributed by atoms with Gasteiger partial charge < -0.3 is 19.7 Å². The molecule has 0 saturated heterocycles. The second-order valence-corrected chi connectivity index (χ2v) is 9.75. The van der Waals surface area contributed by atoms with Gasteiger partial charge in [0.2, 0.25) is 0 Å². The minimum Gasteiger partial charge on any atom is -0.497 e. The molecule has 7 nitrogen and oxygen atoms in total. The number of anilines is 2. The Balaban J connectivity index is 1.44. The lowest BCUT2D eigenvalue weighted by molar-refractivity contribution is -0.140. The van der Waals surface area contributed by atoms with E-state index in [9.17, 15) is 9.90 Å². The van der Waals surface area contributed by atoms with Gasteiger partial charge in [0.15, 0.2) is 5.76 Å². The van der Waals surface area contributed by atoms with Gasteiger partial charge in [0.1, 0.15) is 22.9 Å². The van der Waals surface area contributed by atoms with Crippen molar-refractivity contribution in [1.82, 2.24) is 10.1 Å². The number of nitrogens with one attached hydrogen (secondary N) is 1. The summed E-state index contributed by atoms with van der Waals surface area (Å²) < 4.78 is 11.3. The van der Waals surface area contributed by atoms with Crippen LogP contribution in [0.1, 0.15) is 24.1 Å². The lowest BCUT2D eigenvalue weighted by Crippen LogP contribution is -2.19. The highest BCUT2D eigenvalue weighted by molar-refractivity contribution is 5.91. The van der Waals surface area contributed by atoms with Crippen molar-refractivity contribution in [3.8, 4) is 39.5 Å². The number of carboxylic acid groups (broad SMARTS) is 1. The molecule has 0 unspecified atom stereocenters. The Bertz CT molecular complexity index is 1670. The lowest BCUT2D eigenvalue weighted by atomic mass is 9.89. The summed E-state index contributed by atoms with van der Waals surface area (Å²) in [5, 5.41) is 17.6. The molecule has 0 amide bonds. The van der Waals surface area contributed by atoms with E-state index in [0.29, 0.717) is 35.8 Å². The monoisotopic (exact) mass is 517 g/mol. The molecular weight excluding hydrogens is 490 g/mol. The molecule has 7 heteroatoms. The average Bonchev–Trinajstić information content (AvgIpc) is 3.72. The maximum atomic E-state index is 12.1. The Hall–Kier alpha value is -4.91. The first-order valence-corrected chi connectivity index (χ1v) is 12.8. The summed E-state index contributed by atoms with van der Waals surface area (Å²) in [6.45, 7) is 1.87. The zero-order valence-electron chi connectivity index (χ0n) is 21.6. The summed E-state index contributed by atoms with van der Waals surface area (Å²) in [4.78, 5) is 16.9. The van der Waals surface area contributed by atoms with E-state index in [1.807, 2.05) is 97.9 Å². The highest BCUT2D eigenvalue weighted by Crippen LogP contribution is 2.50. The molecule has 0 bridgehead atoms. The van der Waals surface area contributed by atoms with E-state index < -0.39 is 11.4 Å². The number of ether oxygens (including phenoxy) is 1. The Morgan fingerprint density at radius 1 is 0.923 bits per heavy atom. The van der Waals surface area contributed by atoms with E-state index in [4.69, 9.17) is 14.2 Å². The number of methoxy groups -OCH3 is 1. The third kappa shape index (κ3) is 4.52. The van der Waals surface area contributed by atoms with E-state index in [0.717, 1.165) is 39.3 Å². The molecule has 2 N–H and O–H groups in total. The predicted molar refractivity (Wildman–Crippen MR) is 150 cm³/mol. The van der Waals surface area contributed by atoms with Crippen molar-refractivity contribution in [3.05, 3.63) is 102 Å². The van der Waals surface area contributed by atoms with Crippen LogP contribution in [-0.4, -0.2) is 28.3 Å².